The van der Waals surface area contributed by atoms with Crippen molar-refractivity contribution in [1.29, 1.82) is 0 Å². The van der Waals surface area contributed by atoms with Crippen LogP contribution in [0.4, 0.5) is 0 Å². The predicted molar refractivity (Wildman–Crippen MR) is 115 cm³/mol. The summed E-state index contributed by atoms with van der Waals surface area (Å²) >= 11 is 6.94. The number of carbonyl (C=O) groups excluding carboxylic acids is 3. The van der Waals surface area contributed by atoms with Crippen LogP contribution in [0, 0.1) is 0 Å². The van der Waals surface area contributed by atoms with Crippen LogP contribution < -0.4 is 9.84 Å². The summed E-state index contributed by atoms with van der Waals surface area (Å²) < 4.78 is 6.86. The number of ether oxygens (including phenoxy) is 1. The topological polar surface area (TPSA) is 86.7 Å². The van der Waals surface area contributed by atoms with Crippen molar-refractivity contribution < 1.29 is 24.2 Å². The molecule has 0 aromatic heterocycles. The first-order valence-corrected chi connectivity index (χ1v) is 11.5. The number of nitrogens with zero attached hydrogens (tertiary/aromatic N) is 1. The summed E-state index contributed by atoms with van der Waals surface area (Å²) in [6, 6.07) is 3.56. The van der Waals surface area contributed by atoms with E-state index in [2.05, 4.69) is 31.9 Å². The molecule has 0 atom stereocenters. The van der Waals surface area contributed by atoms with Crippen LogP contribution in [0.5, 0.6) is 5.75 Å². The molecule has 158 valence electrons. The molecule has 3 aliphatic rings. The van der Waals surface area contributed by atoms with Crippen molar-refractivity contribution in [1.82, 2.24) is 4.90 Å². The monoisotopic (exact) mass is 536 g/mol. The fourth-order valence-corrected chi connectivity index (χ4v) is 6.11. The van der Waals surface area contributed by atoms with Gasteiger partial charge in [-0.05, 0) is 53.7 Å². The molecule has 1 aliphatic heterocycles. The maximum absolute atomic E-state index is 13.1. The number of Topliss-reactive ketones (excluding diaryl/α,β-unsaturated/α-hetero) is 2. The second-order valence-electron chi connectivity index (χ2n) is 7.73. The Bertz CT molecular complexity index is 983. The number of carboxylic acid groups (broad SMARTS) is 1. The first kappa shape index (κ1) is 21.3. The van der Waals surface area contributed by atoms with Crippen molar-refractivity contribution in [2.75, 3.05) is 13.7 Å². The zero-order chi connectivity index (χ0) is 21.6. The number of hydrogen-bond acceptors (Lipinski definition) is 6. The van der Waals surface area contributed by atoms with Crippen LogP contribution in [-0.2, 0) is 14.4 Å². The number of hydrogen-bond donors (Lipinski definition) is 0. The molecule has 0 bridgehead atoms. The van der Waals surface area contributed by atoms with Crippen LogP contribution in [0.25, 0.3) is 0 Å². The average molecular weight is 538 g/mol. The molecule has 8 heteroatoms. The summed E-state index contributed by atoms with van der Waals surface area (Å²) in [4.78, 5) is 39.3. The number of aliphatic carboxylic acids is 1. The Kier molecular flexibility index (Phi) is 5.90. The Morgan fingerprint density at radius 2 is 1.63 bits per heavy atom. The lowest BCUT2D eigenvalue weighted by Gasteiger charge is -2.42. The van der Waals surface area contributed by atoms with E-state index in [4.69, 9.17) is 4.74 Å². The van der Waals surface area contributed by atoms with Crippen LogP contribution in [0.3, 0.4) is 0 Å². The van der Waals surface area contributed by atoms with E-state index in [1.54, 1.807) is 6.07 Å². The largest absolute Gasteiger partial charge is 0.546 e. The van der Waals surface area contributed by atoms with E-state index in [1.807, 2.05) is 18.0 Å². The molecule has 30 heavy (non-hydrogen) atoms. The van der Waals surface area contributed by atoms with E-state index >= 15 is 0 Å². The molecule has 1 heterocycles. The molecular weight excluding hydrogens is 518 g/mol. The minimum Gasteiger partial charge on any atom is -0.546 e. The average Bonchev–Trinajstić information content (AvgIpc) is 2.68. The van der Waals surface area contributed by atoms with E-state index in [9.17, 15) is 19.5 Å². The van der Waals surface area contributed by atoms with Crippen molar-refractivity contribution >= 4 is 49.4 Å². The van der Waals surface area contributed by atoms with Gasteiger partial charge >= 0.3 is 0 Å². The maximum Gasteiger partial charge on any atom is 0.161 e. The SMILES string of the molecule is CN1C2=C(C(=O)CCC2)C(c2cc(Br)cc(Br)c2OCC(=O)[O-])C2=C1CCCC2=O. The highest BCUT2D eigenvalue weighted by Gasteiger charge is 2.43. The van der Waals surface area contributed by atoms with Crippen molar-refractivity contribution in [3.63, 3.8) is 0 Å². The number of halogens is 2. The molecule has 6 nitrogen and oxygen atoms in total. The van der Waals surface area contributed by atoms with E-state index in [1.165, 1.54) is 0 Å². The molecule has 0 saturated heterocycles. The van der Waals surface area contributed by atoms with E-state index in [0.29, 0.717) is 39.8 Å². The zero-order valence-corrected chi connectivity index (χ0v) is 19.6. The van der Waals surface area contributed by atoms with Gasteiger partial charge in [0.2, 0.25) is 0 Å². The second-order valence-corrected chi connectivity index (χ2v) is 9.50. The number of allylic oxidation sites excluding steroid dienone is 4. The predicted octanol–water partition coefficient (Wildman–Crippen LogP) is 3.38. The second kappa shape index (κ2) is 8.30. The van der Waals surface area contributed by atoms with Crippen LogP contribution in [0.1, 0.15) is 50.0 Å². The van der Waals surface area contributed by atoms with Gasteiger partial charge in [0.05, 0.1) is 10.4 Å². The Morgan fingerprint density at radius 3 is 2.17 bits per heavy atom. The number of carboxylic acids is 1. The minimum absolute atomic E-state index is 0.0278. The summed E-state index contributed by atoms with van der Waals surface area (Å²) in [5.41, 5.74) is 3.76. The quantitative estimate of drug-likeness (QED) is 0.585. The number of benzene rings is 1. The molecule has 0 saturated carbocycles. The number of carbonyl (C=O) groups is 3. The van der Waals surface area contributed by atoms with Gasteiger partial charge in [-0.2, -0.15) is 0 Å². The lowest BCUT2D eigenvalue weighted by atomic mass is 9.71. The standard InChI is InChI=1S/C22H21Br2NO5/c1-25-14-4-2-6-16(26)20(14)19(21-15(25)5-3-7-17(21)27)12-8-11(23)9-13(24)22(12)30-10-18(28)29/h8-9,19H,2-7,10H2,1H3,(H,28,29)/p-1. The Hall–Kier alpha value is -1.93. The van der Waals surface area contributed by atoms with Crippen molar-refractivity contribution in [3.8, 4) is 5.75 Å². The van der Waals surface area contributed by atoms with Crippen LogP contribution in [0.2, 0.25) is 0 Å². The Morgan fingerprint density at radius 1 is 1.07 bits per heavy atom. The molecule has 0 N–H and O–H groups in total. The third kappa shape index (κ3) is 3.64. The summed E-state index contributed by atoms with van der Waals surface area (Å²) in [5, 5.41) is 11.0. The molecule has 4 rings (SSSR count). The van der Waals surface area contributed by atoms with Gasteiger partial charge in [0.25, 0.3) is 0 Å². The first-order valence-electron chi connectivity index (χ1n) is 9.87. The summed E-state index contributed by atoms with van der Waals surface area (Å²) in [5.74, 6) is -1.55. The third-order valence-corrected chi connectivity index (χ3v) is 6.97. The molecule has 2 aliphatic carbocycles. The number of rotatable bonds is 4. The van der Waals surface area contributed by atoms with Gasteiger partial charge in [-0.1, -0.05) is 15.9 Å². The highest BCUT2D eigenvalue weighted by molar-refractivity contribution is 9.11. The maximum atomic E-state index is 13.1. The van der Waals surface area contributed by atoms with E-state index in [0.717, 1.165) is 41.6 Å². The molecular formula is C22H20Br2NO5-. The fraction of sp³-hybridized carbons (Fsp3) is 0.409. The summed E-state index contributed by atoms with van der Waals surface area (Å²) in [7, 11) is 1.93. The van der Waals surface area contributed by atoms with Crippen molar-refractivity contribution in [2.24, 2.45) is 0 Å². The van der Waals surface area contributed by atoms with Crippen LogP contribution >= 0.6 is 31.9 Å². The molecule has 0 fully saturated rings. The van der Waals surface area contributed by atoms with E-state index < -0.39 is 18.5 Å². The highest BCUT2D eigenvalue weighted by atomic mass is 79.9. The van der Waals surface area contributed by atoms with Crippen LogP contribution in [-0.4, -0.2) is 36.1 Å². The molecule has 0 radical (unpaired) electrons. The van der Waals surface area contributed by atoms with Gasteiger partial charge in [0.15, 0.2) is 11.6 Å². The smallest absolute Gasteiger partial charge is 0.161 e. The fourth-order valence-electron chi connectivity index (χ4n) is 4.74. The van der Waals surface area contributed by atoms with Gasteiger partial charge in [-0.3, -0.25) is 9.59 Å². The van der Waals surface area contributed by atoms with Gasteiger partial charge in [0.1, 0.15) is 12.4 Å². The van der Waals surface area contributed by atoms with Gasteiger partial charge < -0.3 is 19.5 Å². The zero-order valence-electron chi connectivity index (χ0n) is 16.4. The van der Waals surface area contributed by atoms with Crippen LogP contribution in [0.15, 0.2) is 43.6 Å². The van der Waals surface area contributed by atoms with Gasteiger partial charge in [0, 0.05) is 58.4 Å². The van der Waals surface area contributed by atoms with E-state index in [-0.39, 0.29) is 11.6 Å². The van der Waals surface area contributed by atoms with Crippen molar-refractivity contribution in [2.45, 2.75) is 44.4 Å². The van der Waals surface area contributed by atoms with Gasteiger partial charge in [-0.25, -0.2) is 0 Å². The third-order valence-electron chi connectivity index (χ3n) is 5.93. The normalized spacial score (nSPS) is 19.8. The highest BCUT2D eigenvalue weighted by Crippen LogP contribution is 2.51. The molecule has 1 aromatic carbocycles. The summed E-state index contributed by atoms with van der Waals surface area (Å²) in [6.45, 7) is -0.625. The molecule has 0 unspecified atom stereocenters. The van der Waals surface area contributed by atoms with Crippen molar-refractivity contribution in [3.05, 3.63) is 49.2 Å². The summed E-state index contributed by atoms with van der Waals surface area (Å²) in [6.07, 6.45) is 3.96. The number of ketones is 2. The lowest BCUT2D eigenvalue weighted by molar-refractivity contribution is -0.307. The Labute approximate surface area is 191 Å². The minimum atomic E-state index is -1.35. The molecule has 0 amide bonds. The Balaban J connectivity index is 1.98. The molecule has 1 aromatic rings. The molecule has 0 spiro atoms. The first-order chi connectivity index (χ1) is 14.3. The van der Waals surface area contributed by atoms with Gasteiger partial charge in [-0.15, -0.1) is 0 Å². The lowest BCUT2D eigenvalue weighted by Crippen LogP contribution is -2.37.